The molecule has 1 aromatic heterocycles. The van der Waals surface area contributed by atoms with Crippen LogP contribution in [-0.4, -0.2) is 22.6 Å². The highest BCUT2D eigenvalue weighted by Crippen LogP contribution is 2.24. The fourth-order valence-corrected chi connectivity index (χ4v) is 1.48. The molecule has 0 saturated heterocycles. The van der Waals surface area contributed by atoms with Gasteiger partial charge in [0, 0.05) is 18.2 Å². The molecule has 0 aliphatic heterocycles. The van der Waals surface area contributed by atoms with E-state index in [2.05, 4.69) is 48.3 Å². The molecule has 4 heteroatoms. The van der Waals surface area contributed by atoms with E-state index in [4.69, 9.17) is 0 Å². The summed E-state index contributed by atoms with van der Waals surface area (Å²) in [4.78, 5) is 8.55. The van der Waals surface area contributed by atoms with E-state index in [1.807, 2.05) is 7.05 Å². The minimum absolute atomic E-state index is 0.0588. The van der Waals surface area contributed by atoms with Crippen LogP contribution in [0.4, 0.5) is 11.6 Å². The van der Waals surface area contributed by atoms with Crippen LogP contribution < -0.4 is 10.6 Å². The lowest BCUT2D eigenvalue weighted by Crippen LogP contribution is -2.31. The van der Waals surface area contributed by atoms with Gasteiger partial charge in [0.1, 0.15) is 18.0 Å². The fraction of sp³-hybridized carbons (Fsp3) is 0.667. The molecule has 0 saturated carbocycles. The van der Waals surface area contributed by atoms with Crippen LogP contribution in [-0.2, 0) is 6.42 Å². The average molecular weight is 222 g/mol. The van der Waals surface area contributed by atoms with Crippen LogP contribution in [0.2, 0.25) is 0 Å². The Labute approximate surface area is 97.9 Å². The molecule has 0 unspecified atom stereocenters. The van der Waals surface area contributed by atoms with Gasteiger partial charge in [0.15, 0.2) is 0 Å². The zero-order valence-electron chi connectivity index (χ0n) is 10.9. The van der Waals surface area contributed by atoms with Crippen molar-refractivity contribution in [3.63, 3.8) is 0 Å². The Morgan fingerprint density at radius 1 is 1.19 bits per heavy atom. The normalized spacial score (nSPS) is 11.3. The maximum Gasteiger partial charge on any atom is 0.135 e. The molecule has 0 spiro atoms. The van der Waals surface area contributed by atoms with E-state index in [1.54, 1.807) is 6.33 Å². The number of anilines is 2. The minimum atomic E-state index is 0.0588. The molecule has 1 rings (SSSR count). The van der Waals surface area contributed by atoms with Gasteiger partial charge >= 0.3 is 0 Å². The van der Waals surface area contributed by atoms with Crippen molar-refractivity contribution in [1.29, 1.82) is 0 Å². The van der Waals surface area contributed by atoms with Gasteiger partial charge in [-0.2, -0.15) is 0 Å². The van der Waals surface area contributed by atoms with Crippen LogP contribution in [0.3, 0.4) is 0 Å². The second-order valence-corrected chi connectivity index (χ2v) is 4.52. The first-order valence-electron chi connectivity index (χ1n) is 5.83. The van der Waals surface area contributed by atoms with E-state index < -0.39 is 0 Å². The van der Waals surface area contributed by atoms with Crippen molar-refractivity contribution in [3.05, 3.63) is 11.9 Å². The zero-order valence-corrected chi connectivity index (χ0v) is 10.9. The Bertz CT molecular complexity index is 347. The van der Waals surface area contributed by atoms with Gasteiger partial charge in [0.05, 0.1) is 0 Å². The van der Waals surface area contributed by atoms with Crippen LogP contribution in [0.5, 0.6) is 0 Å². The molecule has 0 radical (unpaired) electrons. The van der Waals surface area contributed by atoms with Crippen molar-refractivity contribution in [2.24, 2.45) is 0 Å². The highest BCUT2D eigenvalue weighted by molar-refractivity contribution is 5.57. The first-order chi connectivity index (χ1) is 7.54. The summed E-state index contributed by atoms with van der Waals surface area (Å²) in [7, 11) is 1.89. The van der Waals surface area contributed by atoms with Gasteiger partial charge in [-0.25, -0.2) is 9.97 Å². The third kappa shape index (κ3) is 2.84. The lowest BCUT2D eigenvalue weighted by Gasteiger charge is -2.26. The van der Waals surface area contributed by atoms with E-state index >= 15 is 0 Å². The van der Waals surface area contributed by atoms with Gasteiger partial charge in [-0.15, -0.1) is 0 Å². The molecule has 1 heterocycles. The fourth-order valence-electron chi connectivity index (χ4n) is 1.48. The Morgan fingerprint density at radius 3 is 2.31 bits per heavy atom. The average Bonchev–Trinajstić information content (AvgIpc) is 2.28. The predicted octanol–water partition coefficient (Wildman–Crippen LogP) is 2.68. The van der Waals surface area contributed by atoms with Gasteiger partial charge in [-0.3, -0.25) is 0 Å². The topological polar surface area (TPSA) is 49.8 Å². The summed E-state index contributed by atoms with van der Waals surface area (Å²) in [5.74, 6) is 1.85. The second-order valence-electron chi connectivity index (χ2n) is 4.52. The molecule has 16 heavy (non-hydrogen) atoms. The first-order valence-corrected chi connectivity index (χ1v) is 5.83. The summed E-state index contributed by atoms with van der Waals surface area (Å²) in [6.07, 6.45) is 3.56. The van der Waals surface area contributed by atoms with E-state index in [9.17, 15) is 0 Å². The minimum Gasteiger partial charge on any atom is -0.373 e. The monoisotopic (exact) mass is 222 g/mol. The highest BCUT2D eigenvalue weighted by atomic mass is 15.1. The summed E-state index contributed by atoms with van der Waals surface area (Å²) in [6.45, 7) is 8.63. The summed E-state index contributed by atoms with van der Waals surface area (Å²) in [5.41, 5.74) is 1.20. The van der Waals surface area contributed by atoms with Gasteiger partial charge in [-0.05, 0) is 26.7 Å². The molecule has 2 N–H and O–H groups in total. The predicted molar refractivity (Wildman–Crippen MR) is 68.9 cm³/mol. The Hall–Kier alpha value is -1.32. The van der Waals surface area contributed by atoms with Crippen molar-refractivity contribution in [1.82, 2.24) is 9.97 Å². The molecule has 0 aromatic carbocycles. The molecule has 0 amide bonds. The molecule has 1 aromatic rings. The van der Waals surface area contributed by atoms with E-state index in [-0.39, 0.29) is 5.54 Å². The number of hydrogen-bond acceptors (Lipinski definition) is 4. The van der Waals surface area contributed by atoms with Crippen molar-refractivity contribution in [3.8, 4) is 0 Å². The molecule has 0 fully saturated rings. The number of aromatic nitrogens is 2. The van der Waals surface area contributed by atoms with Crippen molar-refractivity contribution in [2.75, 3.05) is 17.7 Å². The van der Waals surface area contributed by atoms with Gasteiger partial charge in [-0.1, -0.05) is 13.8 Å². The Balaban J connectivity index is 3.04. The largest absolute Gasteiger partial charge is 0.373 e. The van der Waals surface area contributed by atoms with E-state index in [0.717, 1.165) is 30.0 Å². The summed E-state index contributed by atoms with van der Waals surface area (Å²) in [5, 5.41) is 6.57. The molecule has 0 atom stereocenters. The molecule has 90 valence electrons. The third-order valence-corrected chi connectivity index (χ3v) is 2.88. The van der Waals surface area contributed by atoms with Crippen molar-refractivity contribution >= 4 is 11.6 Å². The number of hydrogen-bond donors (Lipinski definition) is 2. The molecular formula is C12H22N4. The third-order valence-electron chi connectivity index (χ3n) is 2.88. The molecule has 4 nitrogen and oxygen atoms in total. The maximum absolute atomic E-state index is 4.33. The van der Waals surface area contributed by atoms with Gasteiger partial charge in [0.25, 0.3) is 0 Å². The van der Waals surface area contributed by atoms with Gasteiger partial charge < -0.3 is 10.6 Å². The molecule has 0 bridgehead atoms. The summed E-state index contributed by atoms with van der Waals surface area (Å²) in [6, 6.07) is 0. The quantitative estimate of drug-likeness (QED) is 0.804. The lowest BCUT2D eigenvalue weighted by atomic mass is 10.0. The molecule has 0 aliphatic carbocycles. The van der Waals surface area contributed by atoms with E-state index in [0.29, 0.717) is 0 Å². The Morgan fingerprint density at radius 2 is 1.81 bits per heavy atom. The maximum atomic E-state index is 4.33. The van der Waals surface area contributed by atoms with Crippen LogP contribution in [0.15, 0.2) is 6.33 Å². The van der Waals surface area contributed by atoms with Crippen LogP contribution >= 0.6 is 0 Å². The zero-order chi connectivity index (χ0) is 12.2. The van der Waals surface area contributed by atoms with E-state index in [1.165, 1.54) is 0 Å². The second kappa shape index (κ2) is 5.14. The standard InChI is InChI=1S/C12H22N4/c1-6-9-10(13-5)14-8-15-11(9)16-12(3,4)7-2/h8H,6-7H2,1-5H3,(H2,13,14,15,16). The van der Waals surface area contributed by atoms with Crippen LogP contribution in [0, 0.1) is 0 Å². The number of nitrogens with zero attached hydrogens (tertiary/aromatic N) is 2. The highest BCUT2D eigenvalue weighted by Gasteiger charge is 2.18. The number of rotatable bonds is 5. The summed E-state index contributed by atoms with van der Waals surface area (Å²) >= 11 is 0. The van der Waals surface area contributed by atoms with Crippen LogP contribution in [0.25, 0.3) is 0 Å². The summed E-state index contributed by atoms with van der Waals surface area (Å²) < 4.78 is 0. The van der Waals surface area contributed by atoms with Crippen molar-refractivity contribution in [2.45, 2.75) is 46.1 Å². The van der Waals surface area contributed by atoms with Crippen molar-refractivity contribution < 1.29 is 0 Å². The van der Waals surface area contributed by atoms with Crippen LogP contribution in [0.1, 0.15) is 39.7 Å². The number of nitrogens with one attached hydrogen (secondary N) is 2. The first kappa shape index (κ1) is 12.7. The SMILES string of the molecule is CCc1c(NC)ncnc1NC(C)(C)CC. The van der Waals surface area contributed by atoms with Gasteiger partial charge in [0.2, 0.25) is 0 Å². The Kier molecular flexibility index (Phi) is 4.10. The lowest BCUT2D eigenvalue weighted by molar-refractivity contribution is 0.544. The molecule has 0 aliphatic rings. The molecular weight excluding hydrogens is 200 g/mol. The smallest absolute Gasteiger partial charge is 0.135 e.